The van der Waals surface area contributed by atoms with E-state index in [0.29, 0.717) is 23.7 Å². The van der Waals surface area contributed by atoms with Gasteiger partial charge in [0.05, 0.1) is 34.6 Å². The summed E-state index contributed by atoms with van der Waals surface area (Å²) >= 11 is 6.00. The van der Waals surface area contributed by atoms with E-state index in [4.69, 9.17) is 9.98 Å². The van der Waals surface area contributed by atoms with Gasteiger partial charge in [0, 0.05) is 0 Å². The van der Waals surface area contributed by atoms with Crippen LogP contribution in [0.1, 0.15) is 135 Å². The van der Waals surface area contributed by atoms with Crippen LogP contribution in [-0.4, -0.2) is 11.4 Å². The zero-order valence-corrected chi connectivity index (χ0v) is 31.7. The van der Waals surface area contributed by atoms with E-state index < -0.39 is 0 Å². The Morgan fingerprint density at radius 3 is 0.911 bits per heavy atom. The van der Waals surface area contributed by atoms with E-state index in [1.165, 1.54) is 55.4 Å². The molecule has 0 saturated heterocycles. The van der Waals surface area contributed by atoms with E-state index in [1.807, 2.05) is 0 Å². The first-order valence-corrected chi connectivity index (χ1v) is 20.9. The van der Waals surface area contributed by atoms with E-state index in [1.54, 1.807) is 0 Å². The summed E-state index contributed by atoms with van der Waals surface area (Å²) in [5, 5.41) is 0. The molecular formula is C40H44Br2N2Ni. The monoisotopic (exact) mass is 768 g/mol. The molecule has 0 N–H and O–H groups in total. The molecular weight excluding hydrogens is 727 g/mol. The molecule has 3 aliphatic rings. The Morgan fingerprint density at radius 2 is 0.689 bits per heavy atom. The Labute approximate surface area is 290 Å². The van der Waals surface area contributed by atoms with Crippen LogP contribution in [0.4, 0.5) is 11.4 Å². The Morgan fingerprint density at radius 1 is 0.444 bits per heavy atom. The number of hydrogen-bond acceptors (Lipinski definition) is 2. The third-order valence-electron chi connectivity index (χ3n) is 9.19. The van der Waals surface area contributed by atoms with Crippen LogP contribution >= 0.6 is 28.5 Å². The van der Waals surface area contributed by atoms with Crippen molar-refractivity contribution in [2.24, 2.45) is 9.98 Å². The Balaban J connectivity index is 0.00000128. The Kier molecular flexibility index (Phi) is 11.1. The minimum absolute atomic E-state index is 0.0510. The van der Waals surface area contributed by atoms with Gasteiger partial charge in [0.15, 0.2) is 0 Å². The first kappa shape index (κ1) is 34.0. The molecule has 2 nitrogen and oxygen atoms in total. The van der Waals surface area contributed by atoms with Gasteiger partial charge in [-0.05, 0) is 68.2 Å². The molecule has 7 rings (SSSR count). The molecule has 0 amide bonds. The summed E-state index contributed by atoms with van der Waals surface area (Å²) in [6.07, 6.45) is 0. The predicted octanol–water partition coefficient (Wildman–Crippen LogP) is 13.0. The Hall–Kier alpha value is -2.33. The van der Waals surface area contributed by atoms with Gasteiger partial charge in [-0.2, -0.15) is 0 Å². The number of para-hydroxylation sites is 2. The molecule has 45 heavy (non-hydrogen) atoms. The summed E-state index contributed by atoms with van der Waals surface area (Å²) in [6, 6.07) is 31.5. The van der Waals surface area contributed by atoms with Crippen molar-refractivity contribution in [1.82, 2.24) is 0 Å². The summed E-state index contributed by atoms with van der Waals surface area (Å²) in [7, 11) is 1.25. The normalized spacial score (nSPS) is 18.6. The maximum absolute atomic E-state index is 5.75. The quantitative estimate of drug-likeness (QED) is 0.174. The van der Waals surface area contributed by atoms with Crippen molar-refractivity contribution < 1.29 is 10.9 Å². The number of rotatable bonds is 6. The van der Waals surface area contributed by atoms with Crippen LogP contribution in [0.2, 0.25) is 0 Å². The summed E-state index contributed by atoms with van der Waals surface area (Å²) in [6.45, 7) is 18.3. The molecule has 238 valence electrons. The number of fused-ring (bicyclic) bond motifs is 1. The number of hydrogen-bond donors (Lipinski definition) is 0. The van der Waals surface area contributed by atoms with Gasteiger partial charge in [-0.3, -0.25) is 0 Å². The molecule has 0 aromatic heterocycles. The molecule has 0 fully saturated rings. The summed E-state index contributed by atoms with van der Waals surface area (Å²) < 4.78 is 0. The average Bonchev–Trinajstić information content (AvgIpc) is 3.02. The van der Waals surface area contributed by atoms with Gasteiger partial charge in [0.1, 0.15) is 0 Å². The zero-order valence-electron chi connectivity index (χ0n) is 27.5. The van der Waals surface area contributed by atoms with E-state index >= 15 is 0 Å². The van der Waals surface area contributed by atoms with Crippen LogP contribution < -0.4 is 0 Å². The second-order valence-corrected chi connectivity index (χ2v) is 18.3. The number of halogens is 2. The second kappa shape index (κ2) is 14.6. The molecule has 2 bridgehead atoms. The van der Waals surface area contributed by atoms with Crippen LogP contribution in [0.5, 0.6) is 0 Å². The zero-order chi connectivity index (χ0) is 32.4. The molecule has 0 aliphatic heterocycles. The van der Waals surface area contributed by atoms with Crippen molar-refractivity contribution >= 4 is 51.2 Å². The van der Waals surface area contributed by atoms with E-state index in [9.17, 15) is 0 Å². The average molecular weight is 771 g/mol. The topological polar surface area (TPSA) is 24.7 Å². The molecule has 4 aromatic carbocycles. The van der Waals surface area contributed by atoms with Gasteiger partial charge in [0.2, 0.25) is 0 Å². The van der Waals surface area contributed by atoms with Crippen molar-refractivity contribution in [2.45, 2.75) is 90.9 Å². The third kappa shape index (κ3) is 6.60. The van der Waals surface area contributed by atoms with Crippen LogP contribution in [0.15, 0.2) is 94.9 Å². The van der Waals surface area contributed by atoms with Gasteiger partial charge in [-0.15, -0.1) is 0 Å². The molecule has 3 aliphatic carbocycles. The van der Waals surface area contributed by atoms with Gasteiger partial charge < -0.3 is 0 Å². The molecule has 0 saturated carbocycles. The first-order valence-electron chi connectivity index (χ1n) is 16.0. The van der Waals surface area contributed by atoms with Crippen molar-refractivity contribution in [1.29, 1.82) is 0 Å². The Bertz CT molecular complexity index is 1510. The molecule has 0 unspecified atom stereocenters. The van der Waals surface area contributed by atoms with Crippen molar-refractivity contribution in [3.05, 3.63) is 129 Å². The molecule has 0 heterocycles. The summed E-state index contributed by atoms with van der Waals surface area (Å²) in [4.78, 5) is 11.5. The van der Waals surface area contributed by atoms with Gasteiger partial charge in [-0.1, -0.05) is 140 Å². The fourth-order valence-corrected chi connectivity index (χ4v) is 7.06. The molecule has 0 spiro atoms. The molecule has 0 atom stereocenters. The summed E-state index contributed by atoms with van der Waals surface area (Å²) in [5.74, 6) is 1.59. The molecule has 4 aromatic rings. The maximum atomic E-state index is 5.75. The van der Waals surface area contributed by atoms with E-state index in [0.717, 1.165) is 22.8 Å². The van der Waals surface area contributed by atoms with E-state index in [-0.39, 0.29) is 11.8 Å². The van der Waals surface area contributed by atoms with Crippen molar-refractivity contribution in [3.63, 3.8) is 0 Å². The summed E-state index contributed by atoms with van der Waals surface area (Å²) in [5.41, 5.74) is 15.2. The molecule has 0 radical (unpaired) electrons. The van der Waals surface area contributed by atoms with Crippen molar-refractivity contribution in [2.75, 3.05) is 0 Å². The van der Waals surface area contributed by atoms with Crippen LogP contribution in [-0.2, 0) is 10.9 Å². The van der Waals surface area contributed by atoms with Crippen LogP contribution in [0.25, 0.3) is 0 Å². The fourth-order valence-electron chi connectivity index (χ4n) is 7.06. The number of aliphatic imine (C=N–C) groups is 2. The SMILES string of the molecule is CC(C)c1cccc(C(C)C)c1N=C1C(=Nc2c(C(C)C)cccc2C(C)C)C2c3ccccc3C1c1ccccc12.[Br][Ni][Br]. The van der Waals surface area contributed by atoms with Crippen LogP contribution in [0.3, 0.4) is 0 Å². The van der Waals surface area contributed by atoms with Gasteiger partial charge in [-0.25, -0.2) is 9.98 Å². The number of benzene rings is 4. The standard InChI is InChI=1S/C40H44N2.2BrH.Ni/c1-23(2)27-19-13-20-28(24(3)4)37(27)41-39-35-31-15-9-11-17-33(31)36(34-18-12-10-16-32(34)35)40(39)42-38-29(25(5)6)21-14-22-30(38)26(7)8;;;/h9-26,35-36H,1-8H3;2*1H;/q;;;+2/p-2. The first-order chi connectivity index (χ1) is 21.6. The van der Waals surface area contributed by atoms with Crippen molar-refractivity contribution in [3.8, 4) is 0 Å². The van der Waals surface area contributed by atoms with Gasteiger partial charge >= 0.3 is 39.3 Å². The number of nitrogens with zero attached hydrogens (tertiary/aromatic N) is 2. The van der Waals surface area contributed by atoms with Gasteiger partial charge in [0.25, 0.3) is 0 Å². The second-order valence-electron chi connectivity index (χ2n) is 13.4. The predicted molar refractivity (Wildman–Crippen MR) is 198 cm³/mol. The minimum atomic E-state index is 0.0510. The van der Waals surface area contributed by atoms with E-state index in [2.05, 4.69) is 169 Å². The third-order valence-corrected chi connectivity index (χ3v) is 9.19. The molecule has 5 heteroatoms. The fraction of sp³-hybridized carbons (Fsp3) is 0.350. The van der Waals surface area contributed by atoms with Crippen LogP contribution in [0, 0.1) is 0 Å².